The Labute approximate surface area is 277 Å². The Balaban J connectivity index is 1.45. The Hall–Kier alpha value is -4.86. The van der Waals surface area contributed by atoms with Gasteiger partial charge in [-0.15, -0.1) is 0 Å². The van der Waals surface area contributed by atoms with Gasteiger partial charge in [0.05, 0.1) is 0 Å². The summed E-state index contributed by atoms with van der Waals surface area (Å²) in [5.41, 5.74) is -1.37. The Bertz CT molecular complexity index is 1570. The van der Waals surface area contributed by atoms with E-state index in [1.165, 1.54) is 6.20 Å². The quantitative estimate of drug-likeness (QED) is 0.161. The second-order valence-corrected chi connectivity index (χ2v) is 11.6. The molecule has 3 aliphatic heterocycles. The van der Waals surface area contributed by atoms with Crippen LogP contribution in [-0.4, -0.2) is 113 Å². The van der Waals surface area contributed by atoms with Crippen LogP contribution in [0, 0.1) is 0 Å². The second-order valence-electron chi connectivity index (χ2n) is 11.6. The lowest BCUT2D eigenvalue weighted by atomic mass is 9.97. The number of esters is 4. The Morgan fingerprint density at radius 1 is 0.816 bits per heavy atom. The lowest BCUT2D eigenvalue weighted by Crippen LogP contribution is -2.67. The molecule has 270 valence electrons. The van der Waals surface area contributed by atoms with Crippen LogP contribution in [-0.2, 0) is 57.1 Å². The molecule has 3 fully saturated rings. The number of ether oxygens (including phenoxy) is 8. The van der Waals surface area contributed by atoms with Gasteiger partial charge in [0.2, 0.25) is 0 Å². The molecule has 4 N–H and O–H groups in total. The van der Waals surface area contributed by atoms with E-state index in [4.69, 9.17) is 37.9 Å². The highest BCUT2D eigenvalue weighted by Crippen LogP contribution is 2.42. The highest BCUT2D eigenvalue weighted by Gasteiger charge is 2.56. The van der Waals surface area contributed by atoms with Crippen molar-refractivity contribution in [2.75, 3.05) is 13.2 Å². The van der Waals surface area contributed by atoms with Crippen LogP contribution in [0.15, 0.2) is 21.9 Å². The summed E-state index contributed by atoms with van der Waals surface area (Å²) in [4.78, 5) is 99.3. The van der Waals surface area contributed by atoms with Crippen LogP contribution in [0.25, 0.3) is 0 Å². The van der Waals surface area contributed by atoms with Gasteiger partial charge in [-0.3, -0.25) is 38.8 Å². The van der Waals surface area contributed by atoms with Gasteiger partial charge in [0.15, 0.2) is 36.6 Å². The van der Waals surface area contributed by atoms with E-state index in [0.29, 0.717) is 0 Å². The summed E-state index contributed by atoms with van der Waals surface area (Å²) in [5, 5.41) is 6.74. The average molecular weight is 700 g/mol. The smallest absolute Gasteiger partial charge is 0.330 e. The van der Waals surface area contributed by atoms with E-state index in [9.17, 15) is 38.4 Å². The summed E-state index contributed by atoms with van der Waals surface area (Å²) in [5.74, 6) is -4.42. The molecule has 0 saturated carbocycles. The first-order chi connectivity index (χ1) is 22.9. The van der Waals surface area contributed by atoms with E-state index < -0.39 is 115 Å². The van der Waals surface area contributed by atoms with Crippen molar-refractivity contribution < 1.29 is 66.7 Å². The molecule has 49 heavy (non-hydrogen) atoms. The molecule has 1 aromatic heterocycles. The molecule has 4 heterocycles. The molecule has 1 aromatic rings. The zero-order valence-corrected chi connectivity index (χ0v) is 27.2. The van der Waals surface area contributed by atoms with Gasteiger partial charge in [-0.25, -0.2) is 14.4 Å². The molecule has 0 radical (unpaired) electrons. The highest BCUT2D eigenvalue weighted by molar-refractivity contribution is 5.93. The number of hydrogen-bond donors (Lipinski definition) is 4. The molecular weight excluding hydrogens is 662 g/mol. The molecule has 3 aliphatic rings. The monoisotopic (exact) mass is 699 g/mol. The number of carbonyl (C=O) groups excluding carboxylic acids is 6. The maximum absolute atomic E-state index is 13.0. The van der Waals surface area contributed by atoms with Crippen molar-refractivity contribution in [2.24, 2.45) is 0 Å². The maximum atomic E-state index is 13.0. The Kier molecular flexibility index (Phi) is 11.4. The number of nitrogens with zero attached hydrogens (tertiary/aromatic N) is 1. The van der Waals surface area contributed by atoms with Crippen molar-refractivity contribution in [3.05, 3.63) is 33.1 Å². The minimum Gasteiger partial charge on any atom is -0.463 e. The first-order valence-electron chi connectivity index (χ1n) is 14.9. The summed E-state index contributed by atoms with van der Waals surface area (Å²) in [6.07, 6.45) is -9.83. The average Bonchev–Trinajstić information content (AvgIpc) is 3.46. The van der Waals surface area contributed by atoms with Crippen molar-refractivity contribution in [1.82, 2.24) is 25.5 Å². The Morgan fingerprint density at radius 2 is 1.43 bits per heavy atom. The zero-order valence-electron chi connectivity index (χ0n) is 27.2. The van der Waals surface area contributed by atoms with Crippen LogP contribution in [0.1, 0.15) is 47.8 Å². The summed E-state index contributed by atoms with van der Waals surface area (Å²) in [7, 11) is 0. The highest BCUT2D eigenvalue weighted by atomic mass is 16.8. The third kappa shape index (κ3) is 9.40. The van der Waals surface area contributed by atoms with Gasteiger partial charge in [-0.05, 0) is 13.8 Å². The van der Waals surface area contributed by atoms with Gasteiger partial charge < -0.3 is 48.5 Å². The summed E-state index contributed by atoms with van der Waals surface area (Å²) in [6, 6.07) is -1.09. The van der Waals surface area contributed by atoms with Gasteiger partial charge in [-0.2, -0.15) is 0 Å². The lowest BCUT2D eigenvalue weighted by Gasteiger charge is -2.44. The molecule has 3 saturated heterocycles. The standard InChI is InChI=1S/C28H37N5O16/c1-11(34)42-10-16-18(43-12(2)35)20(44-13(3)36)21(45-14(4)37)23(46-16)31-26(40)32-25(39)29-9-15-19-22(49-28(5,6)48-19)24(47-15)33-8-7-17(38)30-27(33)41/h7-8,15-16,18-24H,9-10H2,1-6H3,(H,30,38,41)(H3,29,31,32,39,40)/t15-,16-,18-,19-,20+,21-,22-,23-,24-/m1/s1. The van der Waals surface area contributed by atoms with Crippen LogP contribution < -0.4 is 27.2 Å². The van der Waals surface area contributed by atoms with Crippen molar-refractivity contribution in [2.45, 2.75) is 103 Å². The third-order valence-electron chi connectivity index (χ3n) is 7.21. The van der Waals surface area contributed by atoms with Crippen molar-refractivity contribution in [3.63, 3.8) is 0 Å². The molecule has 0 spiro atoms. The Morgan fingerprint density at radius 3 is 2.04 bits per heavy atom. The fourth-order valence-electron chi connectivity index (χ4n) is 5.53. The van der Waals surface area contributed by atoms with Gasteiger partial charge in [0.1, 0.15) is 31.0 Å². The van der Waals surface area contributed by atoms with E-state index >= 15 is 0 Å². The first kappa shape index (κ1) is 37.0. The van der Waals surface area contributed by atoms with Gasteiger partial charge in [0, 0.05) is 46.5 Å². The molecule has 4 rings (SSSR count). The largest absolute Gasteiger partial charge is 0.463 e. The fraction of sp³-hybridized carbons (Fsp3) is 0.643. The minimum absolute atomic E-state index is 0.243. The van der Waals surface area contributed by atoms with Gasteiger partial charge >= 0.3 is 41.6 Å². The first-order valence-corrected chi connectivity index (χ1v) is 14.9. The molecule has 0 unspecified atom stereocenters. The van der Waals surface area contributed by atoms with E-state index in [1.807, 2.05) is 5.32 Å². The van der Waals surface area contributed by atoms with Crippen molar-refractivity contribution >= 4 is 35.9 Å². The van der Waals surface area contributed by atoms with Crippen LogP contribution in [0.4, 0.5) is 9.59 Å². The number of rotatable bonds is 9. The van der Waals surface area contributed by atoms with Gasteiger partial charge in [-0.1, -0.05) is 0 Å². The lowest BCUT2D eigenvalue weighted by molar-refractivity contribution is -0.255. The summed E-state index contributed by atoms with van der Waals surface area (Å²) >= 11 is 0. The number of hydrogen-bond acceptors (Lipinski definition) is 16. The van der Waals surface area contributed by atoms with Crippen LogP contribution in [0.5, 0.6) is 0 Å². The fourth-order valence-corrected chi connectivity index (χ4v) is 5.53. The molecule has 0 aromatic carbocycles. The molecule has 0 bridgehead atoms. The number of aromatic nitrogens is 2. The number of carbonyl (C=O) groups is 6. The topological polar surface area (TPSA) is 267 Å². The van der Waals surface area contributed by atoms with Crippen LogP contribution in [0.3, 0.4) is 0 Å². The molecule has 0 aliphatic carbocycles. The zero-order chi connectivity index (χ0) is 36.2. The van der Waals surface area contributed by atoms with E-state index in [-0.39, 0.29) is 6.54 Å². The van der Waals surface area contributed by atoms with Gasteiger partial charge in [0.25, 0.3) is 5.56 Å². The predicted octanol–water partition coefficient (Wildman–Crippen LogP) is -1.95. The van der Waals surface area contributed by atoms with E-state index in [2.05, 4.69) is 15.6 Å². The van der Waals surface area contributed by atoms with E-state index in [0.717, 1.165) is 38.3 Å². The number of nitrogens with one attached hydrogen (secondary N) is 4. The SMILES string of the molecule is CC(=O)OC[C@H]1O[C@@H](NC(=O)NC(=O)NC[C@H]2O[C@@H](n3ccc(=O)[nH]c3=O)[C@@H]3OC(C)(C)O[C@@H]32)[C@H](OC(C)=O)[C@@H](OC(C)=O)[C@@H]1OC(C)=O. The molecule has 21 nitrogen and oxygen atoms in total. The molecule has 21 heteroatoms. The van der Waals surface area contributed by atoms with Crippen molar-refractivity contribution in [1.29, 1.82) is 0 Å². The predicted molar refractivity (Wildman–Crippen MR) is 156 cm³/mol. The molecule has 4 amide bonds. The van der Waals surface area contributed by atoms with Crippen LogP contribution >= 0.6 is 0 Å². The number of aromatic amines is 1. The molecular formula is C28H37N5O16. The molecule has 9 atom stereocenters. The normalized spacial score (nSPS) is 29.9. The number of fused-ring (bicyclic) bond motifs is 1. The number of amides is 4. The maximum Gasteiger partial charge on any atom is 0.330 e. The van der Waals surface area contributed by atoms with Crippen LogP contribution in [0.2, 0.25) is 0 Å². The van der Waals surface area contributed by atoms with E-state index in [1.54, 1.807) is 13.8 Å². The van der Waals surface area contributed by atoms with Crippen molar-refractivity contribution in [3.8, 4) is 0 Å². The number of H-pyrrole nitrogens is 1. The second kappa shape index (κ2) is 15.1. The number of imide groups is 1. The number of urea groups is 2. The minimum atomic E-state index is -1.63. The summed E-state index contributed by atoms with van der Waals surface area (Å²) in [6.45, 7) is 6.73. The third-order valence-corrected chi connectivity index (χ3v) is 7.21. The summed E-state index contributed by atoms with van der Waals surface area (Å²) < 4.78 is 45.5.